The monoisotopic (exact) mass is 308 g/mol. The summed E-state index contributed by atoms with van der Waals surface area (Å²) in [6.07, 6.45) is 0. The molecule has 2 heterocycles. The number of nitrogens with one attached hydrogen (secondary N) is 2. The van der Waals surface area contributed by atoms with E-state index < -0.39 is 11.5 Å². The highest BCUT2D eigenvalue weighted by atomic mass is 16.5. The van der Waals surface area contributed by atoms with Crippen molar-refractivity contribution in [2.75, 3.05) is 12.4 Å². The van der Waals surface area contributed by atoms with Gasteiger partial charge in [-0.2, -0.15) is 0 Å². The maximum Gasteiger partial charge on any atom is 0.265 e. The van der Waals surface area contributed by atoms with E-state index in [4.69, 9.17) is 4.74 Å². The highest BCUT2D eigenvalue weighted by molar-refractivity contribution is 6.10. The van der Waals surface area contributed by atoms with Crippen LogP contribution < -0.4 is 10.1 Å². The summed E-state index contributed by atoms with van der Waals surface area (Å²) in [5.41, 5.74) is 1.60. The molecule has 5 heteroatoms. The number of hydrogen-bond acceptors (Lipinski definition) is 3. The van der Waals surface area contributed by atoms with Crippen molar-refractivity contribution in [1.82, 2.24) is 4.98 Å². The zero-order valence-corrected chi connectivity index (χ0v) is 12.8. The van der Waals surface area contributed by atoms with Gasteiger partial charge in [0, 0.05) is 33.4 Å². The fourth-order valence-corrected chi connectivity index (χ4v) is 3.38. The summed E-state index contributed by atoms with van der Waals surface area (Å²) in [4.78, 5) is 15.9. The molecule has 3 aromatic rings. The molecule has 0 bridgehead atoms. The van der Waals surface area contributed by atoms with Gasteiger partial charge >= 0.3 is 0 Å². The van der Waals surface area contributed by atoms with Gasteiger partial charge in [-0.3, -0.25) is 4.79 Å². The molecule has 23 heavy (non-hydrogen) atoms. The molecule has 116 valence electrons. The third-order valence-corrected chi connectivity index (χ3v) is 4.45. The number of fused-ring (bicyclic) bond motifs is 2. The number of hydrogen-bond donors (Lipinski definition) is 3. The number of carbonyl (C=O) groups excluding carboxylic acids is 1. The Balaban J connectivity index is 2.04. The van der Waals surface area contributed by atoms with Gasteiger partial charge in [-0.05, 0) is 31.2 Å². The van der Waals surface area contributed by atoms with E-state index in [-0.39, 0.29) is 0 Å². The van der Waals surface area contributed by atoms with E-state index in [2.05, 4.69) is 10.3 Å². The summed E-state index contributed by atoms with van der Waals surface area (Å²) < 4.78 is 5.25. The first-order chi connectivity index (χ1) is 11.1. The van der Waals surface area contributed by atoms with E-state index >= 15 is 0 Å². The molecule has 3 N–H and O–H groups in total. The quantitative estimate of drug-likeness (QED) is 0.681. The number of aryl methyl sites for hydroxylation is 1. The van der Waals surface area contributed by atoms with Crippen molar-refractivity contribution in [3.8, 4) is 5.75 Å². The Morgan fingerprint density at radius 2 is 1.96 bits per heavy atom. The van der Waals surface area contributed by atoms with Crippen LogP contribution in [0, 0.1) is 6.92 Å². The maximum absolute atomic E-state index is 12.6. The number of aromatic nitrogens is 1. The van der Waals surface area contributed by atoms with E-state index in [0.717, 1.165) is 16.6 Å². The molecule has 0 saturated carbocycles. The van der Waals surface area contributed by atoms with Crippen molar-refractivity contribution >= 4 is 22.5 Å². The van der Waals surface area contributed by atoms with Crippen LogP contribution >= 0.6 is 0 Å². The summed E-state index contributed by atoms with van der Waals surface area (Å²) in [6.45, 7) is 1.86. The van der Waals surface area contributed by atoms with Crippen molar-refractivity contribution in [2.45, 2.75) is 12.5 Å². The third kappa shape index (κ3) is 1.74. The van der Waals surface area contributed by atoms with Gasteiger partial charge in [0.05, 0.1) is 7.11 Å². The second-order valence-corrected chi connectivity index (χ2v) is 5.75. The second kappa shape index (κ2) is 4.60. The first-order valence-electron chi connectivity index (χ1n) is 7.36. The molecule has 4 rings (SSSR count). The van der Waals surface area contributed by atoms with E-state index in [1.807, 2.05) is 31.2 Å². The predicted octanol–water partition coefficient (Wildman–Crippen LogP) is 2.67. The highest BCUT2D eigenvalue weighted by Crippen LogP contribution is 2.45. The van der Waals surface area contributed by atoms with Gasteiger partial charge in [0.15, 0.2) is 5.60 Å². The number of methoxy groups -OCH3 is 1. The van der Waals surface area contributed by atoms with E-state index in [9.17, 15) is 9.90 Å². The maximum atomic E-state index is 12.6. The van der Waals surface area contributed by atoms with E-state index in [1.165, 1.54) is 0 Å². The van der Waals surface area contributed by atoms with Crippen molar-refractivity contribution in [2.24, 2.45) is 0 Å². The summed E-state index contributed by atoms with van der Waals surface area (Å²) in [5.74, 6) is 0.143. The van der Waals surface area contributed by atoms with Crippen LogP contribution in [0.15, 0.2) is 42.5 Å². The zero-order chi connectivity index (χ0) is 16.2. The Bertz CT molecular complexity index is 945. The van der Waals surface area contributed by atoms with Crippen LogP contribution in [0.4, 0.5) is 5.69 Å². The van der Waals surface area contributed by atoms with Crippen LogP contribution in [-0.4, -0.2) is 23.1 Å². The van der Waals surface area contributed by atoms with Crippen molar-refractivity contribution in [3.63, 3.8) is 0 Å². The third-order valence-electron chi connectivity index (χ3n) is 4.45. The first-order valence-corrected chi connectivity index (χ1v) is 7.36. The number of para-hydroxylation sites is 1. The van der Waals surface area contributed by atoms with Gasteiger partial charge in [-0.25, -0.2) is 0 Å². The minimum atomic E-state index is -1.74. The minimum Gasteiger partial charge on any atom is -0.497 e. The lowest BCUT2D eigenvalue weighted by Gasteiger charge is -2.22. The highest BCUT2D eigenvalue weighted by Gasteiger charge is 2.49. The molecule has 5 nitrogen and oxygen atoms in total. The Labute approximate surface area is 132 Å². The minimum absolute atomic E-state index is 0.450. The van der Waals surface area contributed by atoms with E-state index in [1.54, 1.807) is 25.3 Å². The standard InChI is InChI=1S/C18H16N2O3/c1-10-16(12-5-3-4-6-14(12)19-10)18(22)13-9-11(23-2)7-8-15(13)20-17(18)21/h3-9,19,22H,1-2H3,(H,20,21)/t18-/m1/s1. The van der Waals surface area contributed by atoms with E-state index in [0.29, 0.717) is 22.6 Å². The Hall–Kier alpha value is -2.79. The molecule has 0 aliphatic carbocycles. The number of carbonyl (C=O) groups is 1. The van der Waals surface area contributed by atoms with Crippen LogP contribution in [0.5, 0.6) is 5.75 Å². The van der Waals surface area contributed by atoms with Crippen LogP contribution in [-0.2, 0) is 10.4 Å². The fourth-order valence-electron chi connectivity index (χ4n) is 3.38. The fraction of sp³-hybridized carbons (Fsp3) is 0.167. The first kappa shape index (κ1) is 13.8. The molecule has 2 aromatic carbocycles. The zero-order valence-electron chi connectivity index (χ0n) is 12.8. The lowest BCUT2D eigenvalue weighted by molar-refractivity contribution is -0.129. The summed E-state index contributed by atoms with van der Waals surface area (Å²) in [5, 5.41) is 15.0. The average molecular weight is 308 g/mol. The molecule has 1 aliphatic heterocycles. The van der Waals surface area contributed by atoms with Gasteiger partial charge in [-0.15, -0.1) is 0 Å². The lowest BCUT2D eigenvalue weighted by atomic mass is 9.85. The Morgan fingerprint density at radius 1 is 1.17 bits per heavy atom. The molecule has 0 fully saturated rings. The lowest BCUT2D eigenvalue weighted by Crippen LogP contribution is -2.35. The van der Waals surface area contributed by atoms with Gasteiger partial charge < -0.3 is 20.1 Å². The number of benzene rings is 2. The molecule has 0 radical (unpaired) electrons. The number of ether oxygens (including phenoxy) is 1. The number of amides is 1. The van der Waals surface area contributed by atoms with Crippen molar-refractivity contribution in [3.05, 3.63) is 59.3 Å². The average Bonchev–Trinajstić information content (AvgIpc) is 3.02. The molecule has 1 atom stereocenters. The van der Waals surface area contributed by atoms with Crippen LogP contribution in [0.25, 0.3) is 10.9 Å². The number of rotatable bonds is 2. The van der Waals surface area contributed by atoms with Gasteiger partial charge in [0.2, 0.25) is 0 Å². The van der Waals surface area contributed by atoms with Crippen molar-refractivity contribution < 1.29 is 14.6 Å². The second-order valence-electron chi connectivity index (χ2n) is 5.75. The molecule has 0 saturated heterocycles. The molecule has 1 amide bonds. The smallest absolute Gasteiger partial charge is 0.265 e. The molecule has 1 aliphatic rings. The predicted molar refractivity (Wildman–Crippen MR) is 87.7 cm³/mol. The Kier molecular flexibility index (Phi) is 2.77. The number of aliphatic hydroxyl groups is 1. The van der Waals surface area contributed by atoms with Crippen molar-refractivity contribution in [1.29, 1.82) is 0 Å². The number of anilines is 1. The normalized spacial score (nSPS) is 19.7. The topological polar surface area (TPSA) is 74.3 Å². The number of H-pyrrole nitrogens is 1. The van der Waals surface area contributed by atoms with Crippen LogP contribution in [0.2, 0.25) is 0 Å². The Morgan fingerprint density at radius 3 is 2.74 bits per heavy atom. The van der Waals surface area contributed by atoms with Gasteiger partial charge in [0.1, 0.15) is 5.75 Å². The molecule has 0 spiro atoms. The SMILES string of the molecule is COc1ccc2c(c1)[C@@](O)(c1c(C)[nH]c3ccccc13)C(=O)N2. The molecule has 1 aromatic heterocycles. The van der Waals surface area contributed by atoms with Gasteiger partial charge in [-0.1, -0.05) is 18.2 Å². The van der Waals surface area contributed by atoms with Gasteiger partial charge in [0.25, 0.3) is 5.91 Å². The summed E-state index contributed by atoms with van der Waals surface area (Å²) in [7, 11) is 1.56. The van der Waals surface area contributed by atoms with Crippen LogP contribution in [0.3, 0.4) is 0 Å². The number of aromatic amines is 1. The molecule has 0 unspecified atom stereocenters. The summed E-state index contributed by atoms with van der Waals surface area (Å²) >= 11 is 0. The molecular weight excluding hydrogens is 292 g/mol. The largest absolute Gasteiger partial charge is 0.497 e. The van der Waals surface area contributed by atoms with Crippen LogP contribution in [0.1, 0.15) is 16.8 Å². The summed E-state index contributed by atoms with van der Waals surface area (Å²) in [6, 6.07) is 12.8. The molecular formula is C18H16N2O3.